The van der Waals surface area contributed by atoms with Gasteiger partial charge in [-0.25, -0.2) is 9.78 Å². The maximum atomic E-state index is 12.2. The van der Waals surface area contributed by atoms with Crippen LogP contribution in [0.3, 0.4) is 0 Å². The van der Waals surface area contributed by atoms with Crippen molar-refractivity contribution in [2.24, 2.45) is 0 Å². The van der Waals surface area contributed by atoms with Gasteiger partial charge < -0.3 is 10.1 Å². The van der Waals surface area contributed by atoms with Crippen molar-refractivity contribution < 1.29 is 14.3 Å². The van der Waals surface area contributed by atoms with E-state index in [0.717, 1.165) is 35.7 Å². The number of amides is 2. The summed E-state index contributed by atoms with van der Waals surface area (Å²) in [5, 5.41) is 6.14. The second-order valence-corrected chi connectivity index (χ2v) is 6.85. The number of ether oxygens (including phenoxy) is 1. The number of thiazole rings is 1. The Morgan fingerprint density at radius 3 is 2.76 bits per heavy atom. The van der Waals surface area contributed by atoms with Gasteiger partial charge in [0.2, 0.25) is 0 Å². The summed E-state index contributed by atoms with van der Waals surface area (Å²) in [6.45, 7) is 3.59. The molecule has 0 spiro atoms. The van der Waals surface area contributed by atoms with Crippen molar-refractivity contribution in [2.75, 3.05) is 24.6 Å². The zero-order valence-corrected chi connectivity index (χ0v) is 15.0. The summed E-state index contributed by atoms with van der Waals surface area (Å²) in [5.41, 5.74) is 2.41. The van der Waals surface area contributed by atoms with E-state index >= 15 is 0 Å². The van der Waals surface area contributed by atoms with Crippen molar-refractivity contribution in [1.82, 2.24) is 10.3 Å². The molecule has 0 bridgehead atoms. The highest BCUT2D eigenvalue weighted by Gasteiger charge is 2.23. The lowest BCUT2D eigenvalue weighted by Gasteiger charge is -2.13. The minimum Gasteiger partial charge on any atom is -0.447 e. The maximum absolute atomic E-state index is 12.2. The Kier molecular flexibility index (Phi) is 5.65. The number of benzene rings is 1. The average molecular weight is 359 g/mol. The summed E-state index contributed by atoms with van der Waals surface area (Å²) in [6, 6.07) is 7.00. The topological polar surface area (TPSA) is 71.5 Å². The van der Waals surface area contributed by atoms with Gasteiger partial charge in [-0.2, -0.15) is 0 Å². The van der Waals surface area contributed by atoms with Gasteiger partial charge in [0, 0.05) is 28.9 Å². The number of hydrogen-bond acceptors (Lipinski definition) is 5. The molecule has 25 heavy (non-hydrogen) atoms. The van der Waals surface area contributed by atoms with Crippen LogP contribution in [0.4, 0.5) is 10.5 Å². The van der Waals surface area contributed by atoms with Gasteiger partial charge >= 0.3 is 6.09 Å². The van der Waals surface area contributed by atoms with E-state index in [1.54, 1.807) is 40.5 Å². The first kappa shape index (κ1) is 17.4. The van der Waals surface area contributed by atoms with Gasteiger partial charge in [0.1, 0.15) is 6.61 Å². The Labute approximate surface area is 150 Å². The predicted octanol–water partition coefficient (Wildman–Crippen LogP) is 3.16. The van der Waals surface area contributed by atoms with E-state index in [0.29, 0.717) is 25.3 Å². The molecule has 132 valence electrons. The summed E-state index contributed by atoms with van der Waals surface area (Å²) in [4.78, 5) is 29.7. The Balaban J connectivity index is 1.41. The average Bonchev–Trinajstić information content (AvgIpc) is 3.23. The Hall–Kier alpha value is -2.41. The third-order valence-corrected chi connectivity index (χ3v) is 5.00. The van der Waals surface area contributed by atoms with Gasteiger partial charge in [-0.3, -0.25) is 9.69 Å². The predicted molar refractivity (Wildman–Crippen MR) is 97.3 cm³/mol. The highest BCUT2D eigenvalue weighted by molar-refractivity contribution is 7.09. The molecule has 1 aromatic heterocycles. The van der Waals surface area contributed by atoms with Crippen LogP contribution < -0.4 is 10.2 Å². The van der Waals surface area contributed by atoms with Crippen LogP contribution in [-0.4, -0.2) is 36.7 Å². The molecule has 1 aliphatic rings. The first-order chi connectivity index (χ1) is 12.1. The van der Waals surface area contributed by atoms with Crippen LogP contribution in [0.1, 0.15) is 33.9 Å². The summed E-state index contributed by atoms with van der Waals surface area (Å²) in [6.07, 6.45) is 2.54. The van der Waals surface area contributed by atoms with E-state index in [2.05, 4.69) is 15.7 Å². The third-order valence-electron chi connectivity index (χ3n) is 3.97. The Morgan fingerprint density at radius 2 is 2.12 bits per heavy atom. The monoisotopic (exact) mass is 359 g/mol. The maximum Gasteiger partial charge on any atom is 0.414 e. The van der Waals surface area contributed by atoms with E-state index in [9.17, 15) is 9.59 Å². The molecule has 2 amide bonds. The van der Waals surface area contributed by atoms with Gasteiger partial charge in [-0.05, 0) is 50.5 Å². The van der Waals surface area contributed by atoms with E-state index in [1.807, 2.05) is 6.92 Å². The van der Waals surface area contributed by atoms with Gasteiger partial charge in [-0.1, -0.05) is 0 Å². The van der Waals surface area contributed by atoms with Gasteiger partial charge in [-0.15, -0.1) is 11.3 Å². The van der Waals surface area contributed by atoms with Crippen LogP contribution in [0.5, 0.6) is 0 Å². The molecule has 1 fully saturated rings. The van der Waals surface area contributed by atoms with Crippen LogP contribution in [0.25, 0.3) is 0 Å². The largest absolute Gasteiger partial charge is 0.447 e. The Morgan fingerprint density at radius 1 is 1.32 bits per heavy atom. The summed E-state index contributed by atoms with van der Waals surface area (Å²) >= 11 is 1.69. The minimum absolute atomic E-state index is 0.0966. The van der Waals surface area contributed by atoms with Crippen molar-refractivity contribution in [3.8, 4) is 0 Å². The lowest BCUT2D eigenvalue weighted by Crippen LogP contribution is -2.25. The van der Waals surface area contributed by atoms with E-state index in [-0.39, 0.29) is 12.0 Å². The molecule has 1 aliphatic heterocycles. The first-order valence-electron chi connectivity index (χ1n) is 8.37. The third kappa shape index (κ3) is 4.57. The molecule has 2 heterocycles. The summed E-state index contributed by atoms with van der Waals surface area (Å²) < 4.78 is 4.91. The van der Waals surface area contributed by atoms with E-state index in [1.165, 1.54) is 0 Å². The fourth-order valence-corrected chi connectivity index (χ4v) is 3.46. The summed E-state index contributed by atoms with van der Waals surface area (Å²) in [5.74, 6) is -0.0966. The Bertz CT molecular complexity index is 742. The number of carbonyl (C=O) groups is 2. The molecule has 0 aliphatic carbocycles. The number of unbranched alkanes of at least 4 members (excludes halogenated alkanes) is 1. The van der Waals surface area contributed by atoms with Crippen LogP contribution in [0, 0.1) is 6.92 Å². The second kappa shape index (κ2) is 8.11. The fraction of sp³-hybridized carbons (Fsp3) is 0.389. The molecule has 6 nitrogen and oxygen atoms in total. The highest BCUT2D eigenvalue weighted by atomic mass is 32.1. The van der Waals surface area contributed by atoms with E-state index in [4.69, 9.17) is 4.74 Å². The highest BCUT2D eigenvalue weighted by Crippen LogP contribution is 2.19. The van der Waals surface area contributed by atoms with Gasteiger partial charge in [0.05, 0.1) is 11.6 Å². The van der Waals surface area contributed by atoms with Crippen molar-refractivity contribution >= 4 is 29.0 Å². The SMILES string of the molecule is Cc1csc(CCCCNC(=O)c2ccc(N3CCOC3=O)cc2)n1. The number of nitrogens with one attached hydrogen (secondary N) is 1. The molecular formula is C18H21N3O3S. The number of cyclic esters (lactones) is 1. The molecule has 7 heteroatoms. The molecule has 1 saturated heterocycles. The molecule has 0 radical (unpaired) electrons. The fourth-order valence-electron chi connectivity index (χ4n) is 2.64. The second-order valence-electron chi connectivity index (χ2n) is 5.91. The normalized spacial score (nSPS) is 13.8. The minimum atomic E-state index is -0.340. The van der Waals surface area contributed by atoms with Crippen LogP contribution in [0.2, 0.25) is 0 Å². The molecule has 3 rings (SSSR count). The number of hydrogen-bond donors (Lipinski definition) is 1. The lowest BCUT2D eigenvalue weighted by molar-refractivity contribution is 0.0953. The van der Waals surface area contributed by atoms with Crippen molar-refractivity contribution in [1.29, 1.82) is 0 Å². The van der Waals surface area contributed by atoms with Crippen molar-refractivity contribution in [3.05, 3.63) is 45.9 Å². The van der Waals surface area contributed by atoms with Crippen molar-refractivity contribution in [3.63, 3.8) is 0 Å². The van der Waals surface area contributed by atoms with Crippen LogP contribution in [-0.2, 0) is 11.2 Å². The number of nitrogens with zero attached hydrogens (tertiary/aromatic N) is 2. The molecule has 2 aromatic rings. The number of carbonyl (C=O) groups excluding carboxylic acids is 2. The lowest BCUT2D eigenvalue weighted by atomic mass is 10.1. The number of anilines is 1. The number of aryl methyl sites for hydroxylation is 2. The smallest absolute Gasteiger partial charge is 0.414 e. The standard InChI is InChI=1S/C18H21N3O3S/c1-13-12-25-16(20-13)4-2-3-9-19-17(22)14-5-7-15(8-6-14)21-10-11-24-18(21)23/h5-8,12H,2-4,9-11H2,1H3,(H,19,22). The van der Waals surface area contributed by atoms with Gasteiger partial charge in [0.15, 0.2) is 0 Å². The molecule has 0 atom stereocenters. The molecular weight excluding hydrogens is 338 g/mol. The zero-order chi connectivity index (χ0) is 17.6. The van der Waals surface area contributed by atoms with Crippen molar-refractivity contribution in [2.45, 2.75) is 26.2 Å². The van der Waals surface area contributed by atoms with Crippen LogP contribution >= 0.6 is 11.3 Å². The number of rotatable bonds is 7. The molecule has 1 N–H and O–H groups in total. The quantitative estimate of drug-likeness (QED) is 0.771. The summed E-state index contributed by atoms with van der Waals surface area (Å²) in [7, 11) is 0. The van der Waals surface area contributed by atoms with E-state index < -0.39 is 0 Å². The van der Waals surface area contributed by atoms with Crippen LogP contribution in [0.15, 0.2) is 29.6 Å². The molecule has 0 saturated carbocycles. The number of aromatic nitrogens is 1. The molecule has 1 aromatic carbocycles. The van der Waals surface area contributed by atoms with Gasteiger partial charge in [0.25, 0.3) is 5.91 Å². The molecule has 0 unspecified atom stereocenters. The first-order valence-corrected chi connectivity index (χ1v) is 9.25. The zero-order valence-electron chi connectivity index (χ0n) is 14.2.